The van der Waals surface area contributed by atoms with E-state index in [4.69, 9.17) is 0 Å². The Balaban J connectivity index is 1.33. The second kappa shape index (κ2) is 6.61. The Kier molecular flexibility index (Phi) is 4.57. The maximum Gasteiger partial charge on any atom is 0.244 e. The summed E-state index contributed by atoms with van der Waals surface area (Å²) in [6.45, 7) is 7.84. The summed E-state index contributed by atoms with van der Waals surface area (Å²) in [5, 5.41) is 2.99. The predicted octanol–water partition coefficient (Wildman–Crippen LogP) is 2.19. The number of hydrogen-bond acceptors (Lipinski definition) is 3. The number of piperidine rings is 1. The Bertz CT molecular complexity index is 529. The van der Waals surface area contributed by atoms with Gasteiger partial charge in [0, 0.05) is 44.1 Å². The van der Waals surface area contributed by atoms with Crippen molar-refractivity contribution in [2.45, 2.75) is 26.3 Å². The molecule has 1 aromatic heterocycles. The number of carbonyl (C=O) groups excluding carboxylic acids is 1. The van der Waals surface area contributed by atoms with Crippen LogP contribution in [0.3, 0.4) is 0 Å². The summed E-state index contributed by atoms with van der Waals surface area (Å²) in [6, 6.07) is 4.47. The number of hydrogen-bond donors (Lipinski definition) is 1. The van der Waals surface area contributed by atoms with Crippen molar-refractivity contribution in [3.05, 3.63) is 36.2 Å². The molecule has 1 unspecified atom stereocenters. The van der Waals surface area contributed by atoms with Crippen molar-refractivity contribution in [3.8, 4) is 0 Å². The van der Waals surface area contributed by atoms with Gasteiger partial charge in [-0.05, 0) is 55.7 Å². The van der Waals surface area contributed by atoms with Gasteiger partial charge in [0.25, 0.3) is 0 Å². The highest BCUT2D eigenvalue weighted by Crippen LogP contribution is 2.53. The fraction of sp³-hybridized carbons (Fsp3) is 0.556. The van der Waals surface area contributed by atoms with E-state index in [1.165, 1.54) is 13.1 Å². The second-order valence-electron chi connectivity index (χ2n) is 6.74. The Morgan fingerprint density at radius 1 is 1.45 bits per heavy atom. The molecule has 1 aliphatic carbocycles. The highest BCUT2D eigenvalue weighted by Gasteiger charge is 2.54. The molecular formula is C18H25N3O. The lowest BCUT2D eigenvalue weighted by Crippen LogP contribution is -2.31. The van der Waals surface area contributed by atoms with Crippen LogP contribution in [0.4, 0.5) is 0 Å². The summed E-state index contributed by atoms with van der Waals surface area (Å²) in [5.41, 5.74) is 0.947. The third-order valence-electron chi connectivity index (χ3n) is 5.02. The summed E-state index contributed by atoms with van der Waals surface area (Å²) in [4.78, 5) is 18.4. The molecule has 0 spiro atoms. The number of amides is 1. The van der Waals surface area contributed by atoms with Crippen LogP contribution in [0.25, 0.3) is 6.08 Å². The molecule has 2 aliphatic rings. The van der Waals surface area contributed by atoms with Crippen LogP contribution in [0.5, 0.6) is 0 Å². The normalized spacial score (nSPS) is 27.3. The minimum absolute atomic E-state index is 0.0153. The molecule has 0 bridgehead atoms. The molecule has 1 amide bonds. The molecule has 3 rings (SSSR count). The number of rotatable bonds is 6. The van der Waals surface area contributed by atoms with Gasteiger partial charge >= 0.3 is 0 Å². The molecule has 0 radical (unpaired) electrons. The average molecular weight is 299 g/mol. The molecule has 2 fully saturated rings. The number of aromatic nitrogens is 1. The van der Waals surface area contributed by atoms with Crippen molar-refractivity contribution in [2.24, 2.45) is 17.8 Å². The summed E-state index contributed by atoms with van der Waals surface area (Å²) >= 11 is 0. The first-order valence-corrected chi connectivity index (χ1v) is 8.25. The van der Waals surface area contributed by atoms with E-state index < -0.39 is 0 Å². The zero-order valence-electron chi connectivity index (χ0n) is 13.4. The zero-order valence-corrected chi connectivity index (χ0v) is 13.4. The number of likely N-dealkylation sites (tertiary alicyclic amines) is 1. The van der Waals surface area contributed by atoms with Crippen molar-refractivity contribution >= 4 is 12.0 Å². The van der Waals surface area contributed by atoms with Crippen LogP contribution in [0, 0.1) is 17.8 Å². The van der Waals surface area contributed by atoms with Gasteiger partial charge in [-0.25, -0.2) is 0 Å². The number of nitrogens with one attached hydrogen (secondary N) is 1. The van der Waals surface area contributed by atoms with E-state index in [2.05, 4.69) is 29.0 Å². The summed E-state index contributed by atoms with van der Waals surface area (Å²) < 4.78 is 0. The van der Waals surface area contributed by atoms with E-state index in [-0.39, 0.29) is 5.91 Å². The third-order valence-corrected chi connectivity index (χ3v) is 5.02. The monoisotopic (exact) mass is 299 g/mol. The lowest BCUT2D eigenvalue weighted by atomic mass is 10.1. The van der Waals surface area contributed by atoms with Gasteiger partial charge in [0.2, 0.25) is 5.91 Å². The molecule has 1 N–H and O–H groups in total. The highest BCUT2D eigenvalue weighted by molar-refractivity contribution is 5.91. The topological polar surface area (TPSA) is 45.2 Å². The highest BCUT2D eigenvalue weighted by atomic mass is 16.1. The van der Waals surface area contributed by atoms with E-state index in [1.807, 2.05) is 12.1 Å². The fourth-order valence-corrected chi connectivity index (χ4v) is 3.60. The molecule has 0 aromatic carbocycles. The molecule has 1 aliphatic heterocycles. The fourth-order valence-electron chi connectivity index (χ4n) is 3.60. The maximum atomic E-state index is 11.8. The minimum Gasteiger partial charge on any atom is -0.353 e. The number of nitrogens with zero attached hydrogens (tertiary/aromatic N) is 2. The predicted molar refractivity (Wildman–Crippen MR) is 88.1 cm³/mol. The lowest BCUT2D eigenvalue weighted by Gasteiger charge is -2.23. The van der Waals surface area contributed by atoms with E-state index in [0.717, 1.165) is 36.3 Å². The Morgan fingerprint density at radius 2 is 2.23 bits per heavy atom. The SMILES string of the molecule is CC(C)N1C[C@@H]2C(CCNC(=O)/C=C/c3cccnc3)[C@@H]2C1. The molecule has 1 saturated heterocycles. The van der Waals surface area contributed by atoms with Crippen LogP contribution in [-0.4, -0.2) is 41.5 Å². The summed E-state index contributed by atoms with van der Waals surface area (Å²) in [6.07, 6.45) is 7.98. The van der Waals surface area contributed by atoms with Crippen molar-refractivity contribution in [2.75, 3.05) is 19.6 Å². The molecule has 118 valence electrons. The Hall–Kier alpha value is -1.68. The first-order chi connectivity index (χ1) is 10.6. The first-order valence-electron chi connectivity index (χ1n) is 8.25. The van der Waals surface area contributed by atoms with E-state index in [0.29, 0.717) is 6.04 Å². The third kappa shape index (κ3) is 3.55. The molecule has 3 atom stereocenters. The number of fused-ring (bicyclic) bond motifs is 1. The van der Waals surface area contributed by atoms with E-state index in [9.17, 15) is 4.79 Å². The van der Waals surface area contributed by atoms with Crippen LogP contribution in [0.1, 0.15) is 25.8 Å². The van der Waals surface area contributed by atoms with Gasteiger partial charge in [-0.2, -0.15) is 0 Å². The molecule has 4 nitrogen and oxygen atoms in total. The maximum absolute atomic E-state index is 11.8. The van der Waals surface area contributed by atoms with Crippen LogP contribution in [0.2, 0.25) is 0 Å². The first kappa shape index (κ1) is 15.2. The number of carbonyl (C=O) groups is 1. The molecule has 1 saturated carbocycles. The van der Waals surface area contributed by atoms with Crippen molar-refractivity contribution < 1.29 is 4.79 Å². The molecular weight excluding hydrogens is 274 g/mol. The van der Waals surface area contributed by atoms with Gasteiger partial charge in [0.05, 0.1) is 0 Å². The zero-order chi connectivity index (χ0) is 15.5. The van der Waals surface area contributed by atoms with E-state index >= 15 is 0 Å². The molecule has 22 heavy (non-hydrogen) atoms. The average Bonchev–Trinajstić information content (AvgIpc) is 2.96. The van der Waals surface area contributed by atoms with Crippen LogP contribution in [0.15, 0.2) is 30.6 Å². The largest absolute Gasteiger partial charge is 0.353 e. The van der Waals surface area contributed by atoms with Gasteiger partial charge in [-0.3, -0.25) is 9.78 Å². The van der Waals surface area contributed by atoms with Crippen molar-refractivity contribution in [1.82, 2.24) is 15.2 Å². The quantitative estimate of drug-likeness (QED) is 0.819. The smallest absolute Gasteiger partial charge is 0.244 e. The van der Waals surface area contributed by atoms with Crippen LogP contribution >= 0.6 is 0 Å². The van der Waals surface area contributed by atoms with Gasteiger partial charge in [0.15, 0.2) is 0 Å². The Morgan fingerprint density at radius 3 is 2.86 bits per heavy atom. The van der Waals surface area contributed by atoms with Gasteiger partial charge in [-0.1, -0.05) is 6.07 Å². The molecule has 1 aromatic rings. The molecule has 2 heterocycles. The van der Waals surface area contributed by atoms with Gasteiger partial charge < -0.3 is 10.2 Å². The summed E-state index contributed by atoms with van der Waals surface area (Å²) in [7, 11) is 0. The van der Waals surface area contributed by atoms with Crippen LogP contribution in [-0.2, 0) is 4.79 Å². The van der Waals surface area contributed by atoms with Crippen LogP contribution < -0.4 is 5.32 Å². The Labute approximate surface area is 132 Å². The summed E-state index contributed by atoms with van der Waals surface area (Å²) in [5.74, 6) is 2.58. The lowest BCUT2D eigenvalue weighted by molar-refractivity contribution is -0.116. The second-order valence-corrected chi connectivity index (χ2v) is 6.74. The van der Waals surface area contributed by atoms with Gasteiger partial charge in [0.1, 0.15) is 0 Å². The molecule has 4 heteroatoms. The van der Waals surface area contributed by atoms with Crippen molar-refractivity contribution in [1.29, 1.82) is 0 Å². The van der Waals surface area contributed by atoms with Crippen molar-refractivity contribution in [3.63, 3.8) is 0 Å². The van der Waals surface area contributed by atoms with E-state index in [1.54, 1.807) is 24.5 Å². The number of pyridine rings is 1. The van der Waals surface area contributed by atoms with Gasteiger partial charge in [-0.15, -0.1) is 0 Å². The minimum atomic E-state index is -0.0153. The standard InChI is InChI=1S/C18H25N3O/c1-13(2)21-11-16-15(17(16)12-21)7-9-20-18(22)6-5-14-4-3-8-19-10-14/h3-6,8,10,13,15-17H,7,9,11-12H2,1-2H3,(H,20,22)/b6-5+/t15?,16-,17+.